The fourth-order valence-electron chi connectivity index (χ4n) is 1.15. The van der Waals surface area contributed by atoms with E-state index in [1.807, 2.05) is 0 Å². The van der Waals surface area contributed by atoms with Gasteiger partial charge >= 0.3 is 0 Å². The molecule has 17 heavy (non-hydrogen) atoms. The molecule has 0 spiro atoms. The Hall–Kier alpha value is -0.970. The molecule has 94 valence electrons. The molecule has 1 aromatic carbocycles. The van der Waals surface area contributed by atoms with Gasteiger partial charge in [-0.05, 0) is 25.1 Å². The average molecular weight is 278 g/mol. The van der Waals surface area contributed by atoms with Gasteiger partial charge in [-0.1, -0.05) is 17.7 Å². The number of hydrogen-bond donors (Lipinski definition) is 2. The molecule has 2 N–H and O–H groups in total. The zero-order valence-corrected chi connectivity index (χ0v) is 10.8. The van der Waals surface area contributed by atoms with Crippen molar-refractivity contribution in [3.63, 3.8) is 0 Å². The van der Waals surface area contributed by atoms with E-state index in [2.05, 4.69) is 5.32 Å². The molecule has 0 radical (unpaired) electrons. The smallest absolute Gasteiger partial charge is 0.237 e. The van der Waals surface area contributed by atoms with Crippen LogP contribution in [0.1, 0.15) is 6.92 Å². The molecule has 1 atom stereocenters. The molecule has 0 heterocycles. The lowest BCUT2D eigenvalue weighted by Gasteiger charge is -2.24. The lowest BCUT2D eigenvalue weighted by Crippen LogP contribution is -2.50. The molecule has 1 aromatic rings. The van der Waals surface area contributed by atoms with E-state index in [0.717, 1.165) is 0 Å². The monoisotopic (exact) mass is 277 g/mol. The number of rotatable bonds is 5. The van der Waals surface area contributed by atoms with Gasteiger partial charge in [-0.25, -0.2) is 0 Å². The number of halogens is 2. The van der Waals surface area contributed by atoms with Crippen LogP contribution in [0.15, 0.2) is 24.3 Å². The van der Waals surface area contributed by atoms with Gasteiger partial charge in [0.05, 0.1) is 0 Å². The summed E-state index contributed by atoms with van der Waals surface area (Å²) >= 11 is 11.1. The number of hydrogen-bond acceptors (Lipinski definition) is 3. The van der Waals surface area contributed by atoms with E-state index in [1.165, 1.54) is 6.92 Å². The topological polar surface area (TPSA) is 58.6 Å². The minimum Gasteiger partial charge on any atom is -0.489 e. The molecule has 0 bridgehead atoms. The fourth-order valence-corrected chi connectivity index (χ4v) is 1.40. The highest BCUT2D eigenvalue weighted by molar-refractivity contribution is 6.30. The van der Waals surface area contributed by atoms with Gasteiger partial charge < -0.3 is 15.2 Å². The molecule has 0 aliphatic heterocycles. The van der Waals surface area contributed by atoms with Gasteiger partial charge in [-0.15, -0.1) is 11.6 Å². The van der Waals surface area contributed by atoms with Gasteiger partial charge in [0.15, 0.2) is 5.72 Å². The zero-order valence-electron chi connectivity index (χ0n) is 9.24. The third-order valence-corrected chi connectivity index (χ3v) is 2.32. The predicted molar refractivity (Wildman–Crippen MR) is 66.4 cm³/mol. The number of carbonyl (C=O) groups is 1. The molecule has 0 saturated heterocycles. The largest absolute Gasteiger partial charge is 0.489 e. The normalized spacial score (nSPS) is 13.9. The van der Waals surface area contributed by atoms with E-state index in [0.29, 0.717) is 10.8 Å². The number of aliphatic hydroxyl groups is 1. The van der Waals surface area contributed by atoms with E-state index in [1.54, 1.807) is 24.3 Å². The summed E-state index contributed by atoms with van der Waals surface area (Å²) in [6, 6.07) is 6.75. The summed E-state index contributed by atoms with van der Waals surface area (Å²) in [6.07, 6.45) is 0. The van der Waals surface area contributed by atoms with Crippen LogP contribution in [0.3, 0.4) is 0 Å². The van der Waals surface area contributed by atoms with Crippen LogP contribution in [0.25, 0.3) is 0 Å². The van der Waals surface area contributed by atoms with Crippen molar-refractivity contribution >= 4 is 29.1 Å². The van der Waals surface area contributed by atoms with Gasteiger partial charge in [-0.3, -0.25) is 4.79 Å². The Bertz CT molecular complexity index is 396. The molecule has 6 heteroatoms. The summed E-state index contributed by atoms with van der Waals surface area (Å²) < 4.78 is 5.30. The molecule has 0 aromatic heterocycles. The molecule has 0 aliphatic rings. The van der Waals surface area contributed by atoms with Crippen molar-refractivity contribution in [3.8, 4) is 5.75 Å². The van der Waals surface area contributed by atoms with E-state index < -0.39 is 11.6 Å². The highest BCUT2D eigenvalue weighted by atomic mass is 35.5. The van der Waals surface area contributed by atoms with E-state index in [-0.39, 0.29) is 12.5 Å². The van der Waals surface area contributed by atoms with Gasteiger partial charge in [0.25, 0.3) is 0 Å². The fraction of sp³-hybridized carbons (Fsp3) is 0.364. The minimum absolute atomic E-state index is 0.101. The Morgan fingerprint density at radius 1 is 1.59 bits per heavy atom. The summed E-state index contributed by atoms with van der Waals surface area (Å²) in [4.78, 5) is 11.0. The van der Waals surface area contributed by atoms with Crippen molar-refractivity contribution in [1.82, 2.24) is 5.32 Å². The highest BCUT2D eigenvalue weighted by Crippen LogP contribution is 2.17. The standard InChI is InChI=1S/C11H13Cl2NO3/c1-11(16,14-10(15)6-12)7-17-9-4-2-3-8(13)5-9/h2-5,16H,6-7H2,1H3,(H,14,15). The van der Waals surface area contributed by atoms with Crippen LogP contribution in [0.5, 0.6) is 5.75 Å². The first-order chi connectivity index (χ1) is 7.93. The second-order valence-electron chi connectivity index (χ2n) is 3.70. The van der Waals surface area contributed by atoms with E-state index in [4.69, 9.17) is 27.9 Å². The molecule has 4 nitrogen and oxygen atoms in total. The number of ether oxygens (including phenoxy) is 1. The van der Waals surface area contributed by atoms with Crippen LogP contribution < -0.4 is 10.1 Å². The van der Waals surface area contributed by atoms with Crippen molar-refractivity contribution in [2.45, 2.75) is 12.6 Å². The highest BCUT2D eigenvalue weighted by Gasteiger charge is 2.23. The van der Waals surface area contributed by atoms with Crippen molar-refractivity contribution in [2.75, 3.05) is 12.5 Å². The predicted octanol–water partition coefficient (Wildman–Crippen LogP) is 1.78. The van der Waals surface area contributed by atoms with Gasteiger partial charge in [0, 0.05) is 5.02 Å². The van der Waals surface area contributed by atoms with Crippen molar-refractivity contribution < 1.29 is 14.6 Å². The summed E-state index contributed by atoms with van der Waals surface area (Å²) in [6.45, 7) is 1.32. The van der Waals surface area contributed by atoms with Crippen LogP contribution in [-0.2, 0) is 4.79 Å². The molecule has 0 aliphatic carbocycles. The summed E-state index contributed by atoms with van der Waals surface area (Å²) in [5.41, 5.74) is -1.48. The average Bonchev–Trinajstić information content (AvgIpc) is 2.26. The number of nitrogens with one attached hydrogen (secondary N) is 1. The van der Waals surface area contributed by atoms with Crippen LogP contribution in [0.4, 0.5) is 0 Å². The maximum absolute atomic E-state index is 11.0. The van der Waals surface area contributed by atoms with Crippen LogP contribution in [0.2, 0.25) is 5.02 Å². The van der Waals surface area contributed by atoms with Crippen molar-refractivity contribution in [2.24, 2.45) is 0 Å². The molecule has 1 amide bonds. The second-order valence-corrected chi connectivity index (χ2v) is 4.41. The Balaban J connectivity index is 2.52. The Morgan fingerprint density at radius 2 is 2.29 bits per heavy atom. The van der Waals surface area contributed by atoms with Crippen LogP contribution >= 0.6 is 23.2 Å². The maximum Gasteiger partial charge on any atom is 0.237 e. The van der Waals surface area contributed by atoms with Gasteiger partial charge in [0.1, 0.15) is 18.2 Å². The van der Waals surface area contributed by atoms with Crippen molar-refractivity contribution in [3.05, 3.63) is 29.3 Å². The van der Waals surface area contributed by atoms with E-state index >= 15 is 0 Å². The summed E-state index contributed by atoms with van der Waals surface area (Å²) in [7, 11) is 0. The Morgan fingerprint density at radius 3 is 2.88 bits per heavy atom. The minimum atomic E-state index is -1.48. The molecule has 0 fully saturated rings. The number of benzene rings is 1. The number of alkyl halides is 1. The lowest BCUT2D eigenvalue weighted by molar-refractivity contribution is -0.127. The van der Waals surface area contributed by atoms with Gasteiger partial charge in [0.2, 0.25) is 5.91 Å². The first-order valence-electron chi connectivity index (χ1n) is 4.91. The Kier molecular flexibility index (Phi) is 5.05. The van der Waals surface area contributed by atoms with Gasteiger partial charge in [-0.2, -0.15) is 0 Å². The zero-order chi connectivity index (χ0) is 12.9. The quantitative estimate of drug-likeness (QED) is 0.637. The van der Waals surface area contributed by atoms with Crippen LogP contribution in [0, 0.1) is 0 Å². The summed E-state index contributed by atoms with van der Waals surface area (Å²) in [5.74, 6) is -0.169. The molecule has 1 unspecified atom stereocenters. The van der Waals surface area contributed by atoms with E-state index in [9.17, 15) is 9.90 Å². The van der Waals surface area contributed by atoms with Crippen molar-refractivity contribution in [1.29, 1.82) is 0 Å². The second kappa shape index (κ2) is 6.10. The number of amides is 1. The first-order valence-corrected chi connectivity index (χ1v) is 5.82. The molecule has 1 rings (SSSR count). The maximum atomic E-state index is 11.0. The Labute approximate surface area is 109 Å². The third-order valence-electron chi connectivity index (χ3n) is 1.85. The SMILES string of the molecule is CC(O)(COc1cccc(Cl)c1)NC(=O)CCl. The van der Waals surface area contributed by atoms with Crippen LogP contribution in [-0.4, -0.2) is 29.2 Å². The summed E-state index contributed by atoms with van der Waals surface area (Å²) in [5, 5.41) is 12.6. The molecule has 0 saturated carbocycles. The third kappa shape index (κ3) is 5.26. The number of carbonyl (C=O) groups excluding carboxylic acids is 1. The molecular formula is C11H13Cl2NO3. The molecular weight excluding hydrogens is 265 g/mol. The lowest BCUT2D eigenvalue weighted by atomic mass is 10.3. The first kappa shape index (κ1) is 14.1.